The van der Waals surface area contributed by atoms with Gasteiger partial charge in [0.1, 0.15) is 24.7 Å². The van der Waals surface area contributed by atoms with Gasteiger partial charge in [-0.05, 0) is 30.3 Å². The summed E-state index contributed by atoms with van der Waals surface area (Å²) in [6, 6.07) is 11.2. The minimum absolute atomic E-state index is 0.0125. The van der Waals surface area contributed by atoms with E-state index in [1.54, 1.807) is 36.4 Å². The number of rotatable bonds is 8. The standard InChI is InChI=1S/C17H15Cl2NO5/c18-11-5-6-15(13(19)9-11)23-7-8-24-16(21)10-25-14-4-2-1-3-12(14)17(20)22/h1-6,9H,7-8,10H2,(H2,20,22). The number of hydrogen-bond acceptors (Lipinski definition) is 5. The first-order valence-corrected chi connectivity index (χ1v) is 7.98. The van der Waals surface area contributed by atoms with Crippen molar-refractivity contribution in [3.8, 4) is 11.5 Å². The van der Waals surface area contributed by atoms with Gasteiger partial charge in [-0.1, -0.05) is 35.3 Å². The van der Waals surface area contributed by atoms with Crippen LogP contribution in [0, 0.1) is 0 Å². The monoisotopic (exact) mass is 383 g/mol. The van der Waals surface area contributed by atoms with E-state index in [0.717, 1.165) is 0 Å². The summed E-state index contributed by atoms with van der Waals surface area (Å²) in [6.07, 6.45) is 0. The van der Waals surface area contributed by atoms with Gasteiger partial charge in [0.15, 0.2) is 6.61 Å². The zero-order valence-electron chi connectivity index (χ0n) is 13.0. The fourth-order valence-corrected chi connectivity index (χ4v) is 2.34. The average molecular weight is 384 g/mol. The Kier molecular flexibility index (Phi) is 6.91. The van der Waals surface area contributed by atoms with E-state index in [9.17, 15) is 9.59 Å². The second-order valence-corrected chi connectivity index (χ2v) is 5.64. The lowest BCUT2D eigenvalue weighted by Crippen LogP contribution is -2.20. The van der Waals surface area contributed by atoms with Gasteiger partial charge in [-0.2, -0.15) is 0 Å². The van der Waals surface area contributed by atoms with Crippen LogP contribution in [-0.2, 0) is 9.53 Å². The smallest absolute Gasteiger partial charge is 0.344 e. The fourth-order valence-electron chi connectivity index (χ4n) is 1.87. The van der Waals surface area contributed by atoms with E-state index >= 15 is 0 Å². The largest absolute Gasteiger partial charge is 0.488 e. The van der Waals surface area contributed by atoms with Gasteiger partial charge in [0, 0.05) is 5.02 Å². The van der Waals surface area contributed by atoms with Crippen LogP contribution in [0.15, 0.2) is 42.5 Å². The maximum Gasteiger partial charge on any atom is 0.344 e. The number of hydrogen-bond donors (Lipinski definition) is 1. The highest BCUT2D eigenvalue weighted by molar-refractivity contribution is 6.35. The summed E-state index contributed by atoms with van der Waals surface area (Å²) in [4.78, 5) is 22.9. The van der Waals surface area contributed by atoms with Crippen LogP contribution in [0.1, 0.15) is 10.4 Å². The number of amides is 1. The molecule has 2 aromatic rings. The molecule has 0 fully saturated rings. The van der Waals surface area contributed by atoms with Gasteiger partial charge < -0.3 is 19.9 Å². The van der Waals surface area contributed by atoms with Crippen LogP contribution in [-0.4, -0.2) is 31.7 Å². The number of benzene rings is 2. The molecule has 2 N–H and O–H groups in total. The molecular formula is C17H15Cl2NO5. The summed E-state index contributed by atoms with van der Waals surface area (Å²) >= 11 is 11.7. The van der Waals surface area contributed by atoms with E-state index in [1.165, 1.54) is 6.07 Å². The molecule has 8 heteroatoms. The van der Waals surface area contributed by atoms with Gasteiger partial charge in [0.05, 0.1) is 10.6 Å². The van der Waals surface area contributed by atoms with E-state index in [0.29, 0.717) is 15.8 Å². The van der Waals surface area contributed by atoms with Gasteiger partial charge in [-0.25, -0.2) is 4.79 Å². The third kappa shape index (κ3) is 5.85. The van der Waals surface area contributed by atoms with Crippen molar-refractivity contribution in [1.29, 1.82) is 0 Å². The van der Waals surface area contributed by atoms with Gasteiger partial charge in [-0.15, -0.1) is 0 Å². The number of esters is 1. The van der Waals surface area contributed by atoms with Crippen molar-refractivity contribution in [1.82, 2.24) is 0 Å². The second-order valence-electron chi connectivity index (χ2n) is 4.79. The van der Waals surface area contributed by atoms with Crippen LogP contribution in [0.5, 0.6) is 11.5 Å². The van der Waals surface area contributed by atoms with Crippen LogP contribution in [0.3, 0.4) is 0 Å². The van der Waals surface area contributed by atoms with E-state index in [2.05, 4.69) is 0 Å². The molecule has 0 saturated heterocycles. The third-order valence-electron chi connectivity index (χ3n) is 3.00. The van der Waals surface area contributed by atoms with Crippen molar-refractivity contribution in [2.24, 2.45) is 5.73 Å². The van der Waals surface area contributed by atoms with Crippen LogP contribution in [0.4, 0.5) is 0 Å². The summed E-state index contributed by atoms with van der Waals surface area (Å²) in [5.74, 6) is -0.591. The number of halogens is 2. The lowest BCUT2D eigenvalue weighted by molar-refractivity contribution is -0.146. The highest BCUT2D eigenvalue weighted by Crippen LogP contribution is 2.27. The normalized spacial score (nSPS) is 10.2. The molecule has 6 nitrogen and oxygen atoms in total. The van der Waals surface area contributed by atoms with Crippen LogP contribution >= 0.6 is 23.2 Å². The van der Waals surface area contributed by atoms with Crippen molar-refractivity contribution in [2.45, 2.75) is 0 Å². The molecular weight excluding hydrogens is 369 g/mol. The Bertz CT molecular complexity index is 766. The van der Waals surface area contributed by atoms with Crippen molar-refractivity contribution in [3.63, 3.8) is 0 Å². The van der Waals surface area contributed by atoms with Gasteiger partial charge in [0.2, 0.25) is 0 Å². The van der Waals surface area contributed by atoms with Gasteiger partial charge in [0.25, 0.3) is 5.91 Å². The first kappa shape index (κ1) is 18.9. The number of para-hydroxylation sites is 1. The molecule has 0 aliphatic carbocycles. The number of carbonyl (C=O) groups excluding carboxylic acids is 2. The summed E-state index contributed by atoms with van der Waals surface area (Å²) in [5.41, 5.74) is 5.42. The predicted molar refractivity (Wildman–Crippen MR) is 93.4 cm³/mol. The summed E-state index contributed by atoms with van der Waals surface area (Å²) in [5, 5.41) is 0.863. The van der Waals surface area contributed by atoms with Crippen LogP contribution in [0.25, 0.3) is 0 Å². The maximum absolute atomic E-state index is 11.7. The molecule has 0 unspecified atom stereocenters. The molecule has 0 atom stereocenters. The SMILES string of the molecule is NC(=O)c1ccccc1OCC(=O)OCCOc1ccc(Cl)cc1Cl. The Morgan fingerprint density at radius 1 is 0.960 bits per heavy atom. The molecule has 0 spiro atoms. The number of primary amides is 1. The van der Waals surface area contributed by atoms with Crippen LogP contribution < -0.4 is 15.2 Å². The Balaban J connectivity index is 1.73. The summed E-state index contributed by atoms with van der Waals surface area (Å²) < 4.78 is 15.6. The highest BCUT2D eigenvalue weighted by Gasteiger charge is 2.11. The molecule has 25 heavy (non-hydrogen) atoms. The lowest BCUT2D eigenvalue weighted by Gasteiger charge is -2.10. The lowest BCUT2D eigenvalue weighted by atomic mass is 10.2. The molecule has 2 rings (SSSR count). The van der Waals surface area contributed by atoms with E-state index < -0.39 is 11.9 Å². The maximum atomic E-state index is 11.7. The van der Waals surface area contributed by atoms with E-state index in [-0.39, 0.29) is 31.1 Å². The Morgan fingerprint density at radius 3 is 2.44 bits per heavy atom. The Labute approximate surface area is 154 Å². The molecule has 0 bridgehead atoms. The highest BCUT2D eigenvalue weighted by atomic mass is 35.5. The molecule has 0 radical (unpaired) electrons. The number of ether oxygens (including phenoxy) is 3. The molecule has 2 aromatic carbocycles. The Hall–Kier alpha value is -2.44. The van der Waals surface area contributed by atoms with Gasteiger partial charge >= 0.3 is 5.97 Å². The zero-order chi connectivity index (χ0) is 18.2. The zero-order valence-corrected chi connectivity index (χ0v) is 14.5. The average Bonchev–Trinajstić information content (AvgIpc) is 2.58. The minimum atomic E-state index is -0.641. The first-order valence-electron chi connectivity index (χ1n) is 7.22. The van der Waals surface area contributed by atoms with Crippen molar-refractivity contribution in [2.75, 3.05) is 19.8 Å². The molecule has 0 aromatic heterocycles. The molecule has 0 aliphatic rings. The van der Waals surface area contributed by atoms with Crippen molar-refractivity contribution < 1.29 is 23.8 Å². The van der Waals surface area contributed by atoms with Crippen molar-refractivity contribution in [3.05, 3.63) is 58.1 Å². The summed E-state index contributed by atoms with van der Waals surface area (Å²) in [7, 11) is 0. The van der Waals surface area contributed by atoms with E-state index in [4.69, 9.17) is 43.1 Å². The fraction of sp³-hybridized carbons (Fsp3) is 0.176. The number of carbonyl (C=O) groups is 2. The molecule has 132 valence electrons. The number of nitrogens with two attached hydrogens (primary N) is 1. The molecule has 0 heterocycles. The first-order chi connectivity index (χ1) is 12.0. The quantitative estimate of drug-likeness (QED) is 0.558. The molecule has 0 saturated carbocycles. The van der Waals surface area contributed by atoms with Crippen LogP contribution in [0.2, 0.25) is 10.0 Å². The Morgan fingerprint density at radius 2 is 1.72 bits per heavy atom. The van der Waals surface area contributed by atoms with E-state index in [1.807, 2.05) is 0 Å². The third-order valence-corrected chi connectivity index (χ3v) is 3.53. The molecule has 0 aliphatic heterocycles. The minimum Gasteiger partial charge on any atom is -0.488 e. The van der Waals surface area contributed by atoms with Crippen molar-refractivity contribution >= 4 is 35.1 Å². The predicted octanol–water partition coefficient (Wildman–Crippen LogP) is 3.09. The summed E-state index contributed by atoms with van der Waals surface area (Å²) in [6.45, 7) is -0.227. The topological polar surface area (TPSA) is 87.9 Å². The van der Waals surface area contributed by atoms with Gasteiger partial charge in [-0.3, -0.25) is 4.79 Å². The second kappa shape index (κ2) is 9.15. The molecule has 1 amide bonds.